The lowest BCUT2D eigenvalue weighted by Crippen LogP contribution is -2.05. The van der Waals surface area contributed by atoms with Gasteiger partial charge in [-0.15, -0.1) is 0 Å². The average Bonchev–Trinajstić information content (AvgIpc) is 2.50. The van der Waals surface area contributed by atoms with Crippen molar-refractivity contribution in [1.82, 2.24) is 4.98 Å². The number of benzene rings is 1. The standard InChI is InChI=1S/C9H7F3N2/c10-9(11,12)6-3-5-1-2-14-8(5)7(13)4-6/h1-4,14H,13H2. The Labute approximate surface area is 77.5 Å². The Morgan fingerprint density at radius 3 is 2.57 bits per heavy atom. The highest BCUT2D eigenvalue weighted by atomic mass is 19.4. The fraction of sp³-hybridized carbons (Fsp3) is 0.111. The molecule has 0 unspecified atom stereocenters. The Hall–Kier alpha value is -1.65. The molecule has 0 aliphatic carbocycles. The summed E-state index contributed by atoms with van der Waals surface area (Å²) in [5.74, 6) is 0. The molecule has 0 atom stereocenters. The van der Waals surface area contributed by atoms with Crippen LogP contribution in [0.25, 0.3) is 10.9 Å². The summed E-state index contributed by atoms with van der Waals surface area (Å²) in [6, 6.07) is 3.56. The molecule has 5 heteroatoms. The van der Waals surface area contributed by atoms with E-state index in [2.05, 4.69) is 4.98 Å². The van der Waals surface area contributed by atoms with Crippen LogP contribution in [0.4, 0.5) is 18.9 Å². The van der Waals surface area contributed by atoms with Crippen molar-refractivity contribution >= 4 is 16.6 Å². The van der Waals surface area contributed by atoms with Gasteiger partial charge < -0.3 is 10.7 Å². The normalized spacial score (nSPS) is 12.2. The highest BCUT2D eigenvalue weighted by Gasteiger charge is 2.31. The molecule has 0 radical (unpaired) electrons. The molecule has 0 spiro atoms. The Morgan fingerprint density at radius 2 is 1.93 bits per heavy atom. The maximum Gasteiger partial charge on any atom is 0.416 e. The molecule has 0 fully saturated rings. The zero-order valence-electron chi connectivity index (χ0n) is 7.02. The third-order valence-electron chi connectivity index (χ3n) is 2.02. The number of H-pyrrole nitrogens is 1. The summed E-state index contributed by atoms with van der Waals surface area (Å²) in [5.41, 5.74) is 5.40. The minimum absolute atomic E-state index is 0.111. The van der Waals surface area contributed by atoms with Crippen molar-refractivity contribution in [2.45, 2.75) is 6.18 Å². The Bertz CT molecular complexity index is 470. The molecule has 2 aromatic rings. The summed E-state index contributed by atoms with van der Waals surface area (Å²) in [6.45, 7) is 0. The molecule has 1 aromatic heterocycles. The first-order valence-corrected chi connectivity index (χ1v) is 3.92. The Balaban J connectivity index is 2.70. The van der Waals surface area contributed by atoms with Crippen LogP contribution in [0.2, 0.25) is 0 Å². The summed E-state index contributed by atoms with van der Waals surface area (Å²) >= 11 is 0. The van der Waals surface area contributed by atoms with Crippen LogP contribution in [0.1, 0.15) is 5.56 Å². The molecule has 1 heterocycles. The number of hydrogen-bond acceptors (Lipinski definition) is 1. The average molecular weight is 200 g/mol. The molecule has 14 heavy (non-hydrogen) atoms. The van der Waals surface area contributed by atoms with Gasteiger partial charge in [-0.3, -0.25) is 0 Å². The van der Waals surface area contributed by atoms with Crippen LogP contribution in [-0.2, 0) is 6.18 Å². The lowest BCUT2D eigenvalue weighted by atomic mass is 10.1. The number of alkyl halides is 3. The van der Waals surface area contributed by atoms with Gasteiger partial charge in [-0.1, -0.05) is 0 Å². The third kappa shape index (κ3) is 1.30. The predicted octanol–water partition coefficient (Wildman–Crippen LogP) is 2.77. The van der Waals surface area contributed by atoms with E-state index < -0.39 is 11.7 Å². The number of halogens is 3. The number of hydrogen-bond donors (Lipinski definition) is 2. The molecule has 0 amide bonds. The van der Waals surface area contributed by atoms with Gasteiger partial charge in [-0.2, -0.15) is 13.2 Å². The van der Waals surface area contributed by atoms with Gasteiger partial charge in [0.1, 0.15) is 0 Å². The quantitative estimate of drug-likeness (QED) is 0.631. The van der Waals surface area contributed by atoms with Crippen molar-refractivity contribution in [3.8, 4) is 0 Å². The van der Waals surface area contributed by atoms with E-state index in [9.17, 15) is 13.2 Å². The molecule has 0 saturated heterocycles. The Morgan fingerprint density at radius 1 is 1.21 bits per heavy atom. The number of aromatic amines is 1. The van der Waals surface area contributed by atoms with E-state index in [0.29, 0.717) is 10.9 Å². The molecule has 0 bridgehead atoms. The number of fused-ring (bicyclic) bond motifs is 1. The third-order valence-corrected chi connectivity index (χ3v) is 2.02. The zero-order chi connectivity index (χ0) is 10.3. The van der Waals surface area contributed by atoms with Crippen LogP contribution in [0, 0.1) is 0 Å². The lowest BCUT2D eigenvalue weighted by Gasteiger charge is -2.07. The Kier molecular flexibility index (Phi) is 1.70. The number of nitrogens with one attached hydrogen (secondary N) is 1. The summed E-state index contributed by atoms with van der Waals surface area (Å²) in [4.78, 5) is 2.77. The first-order valence-electron chi connectivity index (χ1n) is 3.92. The maximum absolute atomic E-state index is 12.3. The fourth-order valence-electron chi connectivity index (χ4n) is 1.36. The van der Waals surface area contributed by atoms with Gasteiger partial charge in [0.05, 0.1) is 16.8 Å². The van der Waals surface area contributed by atoms with E-state index in [1.807, 2.05) is 0 Å². The van der Waals surface area contributed by atoms with Crippen molar-refractivity contribution in [1.29, 1.82) is 0 Å². The molecule has 74 valence electrons. The van der Waals surface area contributed by atoms with Gasteiger partial charge in [0.15, 0.2) is 0 Å². The van der Waals surface area contributed by atoms with Gasteiger partial charge in [0, 0.05) is 11.6 Å². The highest BCUT2D eigenvalue weighted by molar-refractivity contribution is 5.90. The second-order valence-corrected chi connectivity index (χ2v) is 3.01. The van der Waals surface area contributed by atoms with Crippen LogP contribution in [0.3, 0.4) is 0 Å². The van der Waals surface area contributed by atoms with Crippen molar-refractivity contribution < 1.29 is 13.2 Å². The highest BCUT2D eigenvalue weighted by Crippen LogP contribution is 2.33. The van der Waals surface area contributed by atoms with Gasteiger partial charge in [0.2, 0.25) is 0 Å². The monoisotopic (exact) mass is 200 g/mol. The first kappa shape index (κ1) is 8.93. The van der Waals surface area contributed by atoms with Crippen LogP contribution in [0.5, 0.6) is 0 Å². The summed E-state index contributed by atoms with van der Waals surface area (Å²) < 4.78 is 37.0. The number of nitrogens with two attached hydrogens (primary N) is 1. The topological polar surface area (TPSA) is 41.8 Å². The fourth-order valence-corrected chi connectivity index (χ4v) is 1.36. The summed E-state index contributed by atoms with van der Waals surface area (Å²) in [6.07, 6.45) is -2.79. The molecule has 1 aromatic carbocycles. The van der Waals surface area contributed by atoms with E-state index in [0.717, 1.165) is 12.1 Å². The van der Waals surface area contributed by atoms with Gasteiger partial charge in [0.25, 0.3) is 0 Å². The zero-order valence-corrected chi connectivity index (χ0v) is 7.02. The van der Waals surface area contributed by atoms with Gasteiger partial charge in [-0.25, -0.2) is 0 Å². The largest absolute Gasteiger partial charge is 0.416 e. The van der Waals surface area contributed by atoms with Crippen molar-refractivity contribution in [2.75, 3.05) is 5.73 Å². The predicted molar refractivity (Wildman–Crippen MR) is 47.7 cm³/mol. The van der Waals surface area contributed by atoms with Crippen molar-refractivity contribution in [2.24, 2.45) is 0 Å². The van der Waals surface area contributed by atoms with Crippen molar-refractivity contribution in [3.63, 3.8) is 0 Å². The molecular weight excluding hydrogens is 193 g/mol. The van der Waals surface area contributed by atoms with E-state index in [1.54, 1.807) is 12.3 Å². The number of nitrogen functional groups attached to an aromatic ring is 1. The number of aromatic nitrogens is 1. The van der Waals surface area contributed by atoms with Gasteiger partial charge >= 0.3 is 6.18 Å². The van der Waals surface area contributed by atoms with E-state index in [4.69, 9.17) is 5.73 Å². The molecule has 2 nitrogen and oxygen atoms in total. The number of rotatable bonds is 0. The smallest absolute Gasteiger partial charge is 0.397 e. The molecule has 0 saturated carbocycles. The van der Waals surface area contributed by atoms with Crippen molar-refractivity contribution in [3.05, 3.63) is 30.0 Å². The SMILES string of the molecule is Nc1cc(C(F)(F)F)cc2cc[nH]c12. The molecular formula is C9H7F3N2. The van der Waals surface area contributed by atoms with Crippen LogP contribution in [-0.4, -0.2) is 4.98 Å². The van der Waals surface area contributed by atoms with E-state index in [-0.39, 0.29) is 5.69 Å². The molecule has 3 N–H and O–H groups in total. The molecule has 0 aliphatic heterocycles. The van der Waals surface area contributed by atoms with Gasteiger partial charge in [-0.05, 0) is 18.2 Å². The second-order valence-electron chi connectivity index (χ2n) is 3.01. The first-order chi connectivity index (χ1) is 6.48. The van der Waals surface area contributed by atoms with Crippen LogP contribution < -0.4 is 5.73 Å². The summed E-state index contributed by atoms with van der Waals surface area (Å²) in [5, 5.41) is 0.470. The van der Waals surface area contributed by atoms with E-state index >= 15 is 0 Å². The molecule has 2 rings (SSSR count). The van der Waals surface area contributed by atoms with Crippen LogP contribution in [0.15, 0.2) is 24.4 Å². The number of anilines is 1. The maximum atomic E-state index is 12.3. The second kappa shape index (κ2) is 2.67. The molecule has 0 aliphatic rings. The minimum Gasteiger partial charge on any atom is -0.397 e. The van der Waals surface area contributed by atoms with Crippen LogP contribution >= 0.6 is 0 Å². The lowest BCUT2D eigenvalue weighted by molar-refractivity contribution is -0.137. The minimum atomic E-state index is -4.35. The summed E-state index contributed by atoms with van der Waals surface area (Å²) in [7, 11) is 0. The van der Waals surface area contributed by atoms with E-state index in [1.165, 1.54) is 0 Å².